The minimum absolute atomic E-state index is 0.288. The second kappa shape index (κ2) is 5.19. The molecule has 0 unspecified atom stereocenters. The van der Waals surface area contributed by atoms with Gasteiger partial charge in [0.1, 0.15) is 24.1 Å². The van der Waals surface area contributed by atoms with E-state index in [1.165, 1.54) is 13.2 Å². The molecule has 4 atom stereocenters. The summed E-state index contributed by atoms with van der Waals surface area (Å²) in [6.07, 6.45) is -0.198. The van der Waals surface area contributed by atoms with Gasteiger partial charge in [-0.2, -0.15) is 0 Å². The third-order valence-corrected chi connectivity index (χ3v) is 3.86. The molecule has 3 fully saturated rings. The Hall–Kier alpha value is -1.15. The van der Waals surface area contributed by atoms with E-state index in [1.54, 1.807) is 0 Å². The first-order valence-electron chi connectivity index (χ1n) is 7.34. The average molecular weight is 314 g/mol. The molecule has 7 nitrogen and oxygen atoms in total. The van der Waals surface area contributed by atoms with Gasteiger partial charge in [-0.05, 0) is 27.7 Å². The lowest BCUT2D eigenvalue weighted by molar-refractivity contribution is -0.187. The molecular formula is C15H22O7. The van der Waals surface area contributed by atoms with Crippen molar-refractivity contribution in [3.63, 3.8) is 0 Å². The van der Waals surface area contributed by atoms with E-state index in [0.29, 0.717) is 12.4 Å². The lowest BCUT2D eigenvalue weighted by atomic mass is 10.1. The fourth-order valence-corrected chi connectivity index (χ4v) is 3.00. The van der Waals surface area contributed by atoms with Crippen molar-refractivity contribution in [2.75, 3.05) is 13.7 Å². The molecule has 0 amide bonds. The van der Waals surface area contributed by atoms with Crippen LogP contribution in [0, 0.1) is 0 Å². The Morgan fingerprint density at radius 1 is 1.14 bits per heavy atom. The monoisotopic (exact) mass is 314 g/mol. The molecule has 0 aromatic heterocycles. The van der Waals surface area contributed by atoms with Gasteiger partial charge in [-0.15, -0.1) is 0 Å². The summed E-state index contributed by atoms with van der Waals surface area (Å²) in [4.78, 5) is 11.5. The first-order valence-corrected chi connectivity index (χ1v) is 7.34. The SMILES string of the molecule is COC(=O)/C=C1/O[C@@H]([C@H]2COC(C)(C)O2)[C@H]2OC(C)(C)O[C@@H]12. The number of fused-ring (bicyclic) bond motifs is 1. The van der Waals surface area contributed by atoms with Crippen LogP contribution in [-0.2, 0) is 33.2 Å². The second-order valence-electron chi connectivity index (χ2n) is 6.54. The van der Waals surface area contributed by atoms with Crippen LogP contribution in [0.4, 0.5) is 0 Å². The maximum Gasteiger partial charge on any atom is 0.333 e. The largest absolute Gasteiger partial charge is 0.486 e. The van der Waals surface area contributed by atoms with Gasteiger partial charge in [0.2, 0.25) is 0 Å². The van der Waals surface area contributed by atoms with Gasteiger partial charge in [0.15, 0.2) is 17.7 Å². The van der Waals surface area contributed by atoms with E-state index in [4.69, 9.17) is 23.7 Å². The molecule has 0 aliphatic carbocycles. The molecule has 0 aromatic carbocycles. The number of methoxy groups -OCH3 is 1. The molecule has 7 heteroatoms. The molecule has 124 valence electrons. The van der Waals surface area contributed by atoms with Crippen LogP contribution in [0.5, 0.6) is 0 Å². The van der Waals surface area contributed by atoms with Crippen molar-refractivity contribution in [2.24, 2.45) is 0 Å². The van der Waals surface area contributed by atoms with Crippen molar-refractivity contribution in [2.45, 2.75) is 63.7 Å². The smallest absolute Gasteiger partial charge is 0.333 e. The number of hydrogen-bond acceptors (Lipinski definition) is 7. The van der Waals surface area contributed by atoms with E-state index < -0.39 is 29.8 Å². The van der Waals surface area contributed by atoms with Crippen molar-refractivity contribution in [3.8, 4) is 0 Å². The molecule has 0 bridgehead atoms. The topological polar surface area (TPSA) is 72.5 Å². The molecule has 3 saturated heterocycles. The van der Waals surface area contributed by atoms with Gasteiger partial charge in [-0.1, -0.05) is 0 Å². The quantitative estimate of drug-likeness (QED) is 0.558. The lowest BCUT2D eigenvalue weighted by Gasteiger charge is -2.26. The molecule has 0 spiro atoms. The third-order valence-electron chi connectivity index (χ3n) is 3.86. The summed E-state index contributed by atoms with van der Waals surface area (Å²) in [5.41, 5.74) is 0. The number of carbonyl (C=O) groups is 1. The number of esters is 1. The molecule has 3 rings (SSSR count). The molecule has 3 heterocycles. The highest BCUT2D eigenvalue weighted by atomic mass is 16.8. The molecule has 0 saturated carbocycles. The standard InChI is InChI=1S/C15H22O7/c1-14(2)18-7-9(20-14)11-13-12(21-15(3,4)22-13)8(19-11)6-10(16)17-5/h6,9,11-13H,7H2,1-5H3/b8-6+/t9-,11+,12+,13-/m1/s1. The highest BCUT2D eigenvalue weighted by Gasteiger charge is 2.57. The molecule has 3 aliphatic rings. The molecular weight excluding hydrogens is 292 g/mol. The van der Waals surface area contributed by atoms with Crippen LogP contribution < -0.4 is 0 Å². The second-order valence-corrected chi connectivity index (χ2v) is 6.54. The molecule has 3 aliphatic heterocycles. The van der Waals surface area contributed by atoms with E-state index in [-0.39, 0.29) is 12.2 Å². The molecule has 22 heavy (non-hydrogen) atoms. The molecule has 0 aromatic rings. The van der Waals surface area contributed by atoms with Crippen LogP contribution in [0.3, 0.4) is 0 Å². The predicted octanol–water partition coefficient (Wildman–Crippen LogP) is 1.11. The normalized spacial score (nSPS) is 40.5. The highest BCUT2D eigenvalue weighted by molar-refractivity contribution is 5.82. The third kappa shape index (κ3) is 2.86. The van der Waals surface area contributed by atoms with Crippen molar-refractivity contribution < 1.29 is 33.2 Å². The van der Waals surface area contributed by atoms with E-state index in [9.17, 15) is 4.79 Å². The summed E-state index contributed by atoms with van der Waals surface area (Å²) < 4.78 is 33.8. The predicted molar refractivity (Wildman–Crippen MR) is 73.7 cm³/mol. The van der Waals surface area contributed by atoms with Gasteiger partial charge in [0, 0.05) is 0 Å². The van der Waals surface area contributed by atoms with Gasteiger partial charge in [0.05, 0.1) is 19.8 Å². The van der Waals surface area contributed by atoms with Gasteiger partial charge in [0.25, 0.3) is 0 Å². The summed E-state index contributed by atoms with van der Waals surface area (Å²) in [7, 11) is 1.32. The number of rotatable bonds is 2. The summed E-state index contributed by atoms with van der Waals surface area (Å²) in [6.45, 7) is 7.75. The van der Waals surface area contributed by atoms with Gasteiger partial charge >= 0.3 is 5.97 Å². The van der Waals surface area contributed by atoms with E-state index in [2.05, 4.69) is 4.74 Å². The zero-order valence-corrected chi connectivity index (χ0v) is 13.5. The molecule has 0 N–H and O–H groups in total. The Morgan fingerprint density at radius 3 is 2.45 bits per heavy atom. The van der Waals surface area contributed by atoms with Gasteiger partial charge in [-0.3, -0.25) is 0 Å². The Balaban J connectivity index is 1.83. The molecule has 0 radical (unpaired) electrons. The Bertz CT molecular complexity index is 496. The Morgan fingerprint density at radius 2 is 1.86 bits per heavy atom. The number of carbonyl (C=O) groups excluding carboxylic acids is 1. The van der Waals surface area contributed by atoms with Crippen molar-refractivity contribution in [3.05, 3.63) is 11.8 Å². The van der Waals surface area contributed by atoms with Crippen LogP contribution in [0.2, 0.25) is 0 Å². The van der Waals surface area contributed by atoms with E-state index >= 15 is 0 Å². The zero-order valence-electron chi connectivity index (χ0n) is 13.5. The summed E-state index contributed by atoms with van der Waals surface area (Å²) in [5, 5.41) is 0. The number of hydrogen-bond donors (Lipinski definition) is 0. The van der Waals surface area contributed by atoms with Crippen molar-refractivity contribution in [1.29, 1.82) is 0 Å². The summed E-state index contributed by atoms with van der Waals surface area (Å²) in [5.74, 6) is -1.50. The van der Waals surface area contributed by atoms with Crippen molar-refractivity contribution in [1.82, 2.24) is 0 Å². The van der Waals surface area contributed by atoms with E-state index in [1.807, 2.05) is 27.7 Å². The van der Waals surface area contributed by atoms with E-state index in [0.717, 1.165) is 0 Å². The van der Waals surface area contributed by atoms with Crippen LogP contribution in [-0.4, -0.2) is 55.7 Å². The first kappa shape index (κ1) is 15.7. The number of ether oxygens (including phenoxy) is 6. The fourth-order valence-electron chi connectivity index (χ4n) is 3.00. The minimum atomic E-state index is -0.748. The fraction of sp³-hybridized carbons (Fsp3) is 0.800. The average Bonchev–Trinajstić information content (AvgIpc) is 3.01. The van der Waals surface area contributed by atoms with Crippen molar-refractivity contribution >= 4 is 5.97 Å². The Kier molecular flexibility index (Phi) is 3.71. The van der Waals surface area contributed by atoms with Gasteiger partial charge < -0.3 is 28.4 Å². The van der Waals surface area contributed by atoms with Gasteiger partial charge in [-0.25, -0.2) is 4.79 Å². The lowest BCUT2D eigenvalue weighted by Crippen LogP contribution is -2.40. The van der Waals surface area contributed by atoms with Crippen LogP contribution in [0.25, 0.3) is 0 Å². The highest BCUT2D eigenvalue weighted by Crippen LogP contribution is 2.43. The first-order chi connectivity index (χ1) is 10.2. The van der Waals surface area contributed by atoms with Crippen LogP contribution >= 0.6 is 0 Å². The summed E-state index contributed by atoms with van der Waals surface area (Å²) >= 11 is 0. The minimum Gasteiger partial charge on any atom is -0.486 e. The zero-order chi connectivity index (χ0) is 16.1. The Labute approximate surface area is 129 Å². The van der Waals surface area contributed by atoms with Crippen LogP contribution in [0.15, 0.2) is 11.8 Å². The van der Waals surface area contributed by atoms with Crippen LogP contribution in [0.1, 0.15) is 27.7 Å². The maximum atomic E-state index is 11.5. The maximum absolute atomic E-state index is 11.5. The summed E-state index contributed by atoms with van der Waals surface area (Å²) in [6, 6.07) is 0.